The van der Waals surface area contributed by atoms with Gasteiger partial charge < -0.3 is 0 Å². The van der Waals surface area contributed by atoms with Crippen LogP contribution in [0.5, 0.6) is 0 Å². The highest BCUT2D eigenvalue weighted by Crippen LogP contribution is 2.30. The predicted octanol–water partition coefficient (Wildman–Crippen LogP) is 2.76. The van der Waals surface area contributed by atoms with E-state index in [9.17, 15) is 13.2 Å². The van der Waals surface area contributed by atoms with Gasteiger partial charge in [0, 0.05) is 5.56 Å². The maximum absolute atomic E-state index is 12.2. The molecule has 15 heavy (non-hydrogen) atoms. The van der Waals surface area contributed by atoms with Crippen molar-refractivity contribution in [2.45, 2.75) is 6.18 Å². The fourth-order valence-electron chi connectivity index (χ4n) is 1.12. The molecule has 6 heteroatoms. The Labute approximate surface area is 82.5 Å². The molecule has 0 saturated heterocycles. The molecule has 0 saturated carbocycles. The summed E-state index contributed by atoms with van der Waals surface area (Å²) in [6, 6.07) is 4.62. The Hall–Kier alpha value is -1.85. The fourth-order valence-corrected chi connectivity index (χ4v) is 1.12. The van der Waals surface area contributed by atoms with E-state index in [1.165, 1.54) is 18.3 Å². The predicted molar refractivity (Wildman–Crippen MR) is 44.7 cm³/mol. The monoisotopic (exact) mass is 214 g/mol. The molecule has 2 aromatic rings. The minimum Gasteiger partial charge on any atom is -0.244 e. The zero-order valence-electron chi connectivity index (χ0n) is 7.32. The van der Waals surface area contributed by atoms with Gasteiger partial charge in [-0.15, -0.1) is 0 Å². The van der Waals surface area contributed by atoms with Crippen LogP contribution in [-0.4, -0.2) is 10.3 Å². The van der Waals surface area contributed by atoms with E-state index in [1.54, 1.807) is 0 Å². The van der Waals surface area contributed by atoms with Crippen LogP contribution in [0.4, 0.5) is 13.2 Å². The van der Waals surface area contributed by atoms with Gasteiger partial charge in [0.1, 0.15) is 5.69 Å². The van der Waals surface area contributed by atoms with Crippen LogP contribution in [0.2, 0.25) is 0 Å². The van der Waals surface area contributed by atoms with Crippen molar-refractivity contribution in [3.05, 3.63) is 36.0 Å². The second-order valence-electron chi connectivity index (χ2n) is 2.87. The molecule has 0 aliphatic carbocycles. The molecule has 1 aromatic heterocycles. The Balaban J connectivity index is 2.33. The summed E-state index contributed by atoms with van der Waals surface area (Å²) in [5, 5.41) is 6.87. The Morgan fingerprint density at radius 1 is 1.07 bits per heavy atom. The van der Waals surface area contributed by atoms with Gasteiger partial charge in [-0.05, 0) is 17.3 Å². The summed E-state index contributed by atoms with van der Waals surface area (Å²) in [6.07, 6.45) is -2.98. The van der Waals surface area contributed by atoms with E-state index >= 15 is 0 Å². The molecule has 0 aliphatic rings. The Bertz CT molecular complexity index is 433. The van der Waals surface area contributed by atoms with Crippen LogP contribution in [0, 0.1) is 0 Å². The van der Waals surface area contributed by atoms with E-state index in [0.717, 1.165) is 12.1 Å². The lowest BCUT2D eigenvalue weighted by Crippen LogP contribution is -2.03. The number of hydrogen-bond acceptors (Lipinski definition) is 3. The van der Waals surface area contributed by atoms with Crippen molar-refractivity contribution in [3.63, 3.8) is 0 Å². The molecule has 0 unspecified atom stereocenters. The van der Waals surface area contributed by atoms with Gasteiger partial charge in [0.05, 0.1) is 11.8 Å². The Morgan fingerprint density at radius 2 is 1.73 bits per heavy atom. The van der Waals surface area contributed by atoms with Crippen molar-refractivity contribution >= 4 is 0 Å². The van der Waals surface area contributed by atoms with Gasteiger partial charge in [0.2, 0.25) is 0 Å². The zero-order chi connectivity index (χ0) is 10.9. The highest BCUT2D eigenvalue weighted by atomic mass is 19.4. The topological polar surface area (TPSA) is 38.9 Å². The van der Waals surface area contributed by atoms with Crippen LogP contribution in [0.25, 0.3) is 11.3 Å². The number of halogens is 3. The highest BCUT2D eigenvalue weighted by molar-refractivity contribution is 5.57. The largest absolute Gasteiger partial charge is 0.416 e. The van der Waals surface area contributed by atoms with Crippen LogP contribution >= 0.6 is 0 Å². The summed E-state index contributed by atoms with van der Waals surface area (Å²) in [5.41, 5.74) is 0.246. The third-order valence-corrected chi connectivity index (χ3v) is 1.87. The molecule has 0 radical (unpaired) electrons. The van der Waals surface area contributed by atoms with E-state index in [0.29, 0.717) is 11.3 Å². The van der Waals surface area contributed by atoms with Gasteiger partial charge in [-0.2, -0.15) is 13.2 Å². The molecule has 0 bridgehead atoms. The second-order valence-corrected chi connectivity index (χ2v) is 2.87. The maximum atomic E-state index is 12.2. The minimum atomic E-state index is -4.32. The molecule has 1 aromatic carbocycles. The molecule has 3 nitrogen and oxygen atoms in total. The van der Waals surface area contributed by atoms with E-state index in [1.807, 2.05) is 0 Å². The third kappa shape index (κ3) is 1.98. The number of alkyl halides is 3. The molecule has 0 fully saturated rings. The molecular formula is C9H5F3N2O. The van der Waals surface area contributed by atoms with Crippen molar-refractivity contribution in [2.24, 2.45) is 0 Å². The Kier molecular flexibility index (Phi) is 2.18. The molecule has 0 spiro atoms. The van der Waals surface area contributed by atoms with E-state index in [2.05, 4.69) is 14.9 Å². The number of hydrogen-bond donors (Lipinski definition) is 0. The first-order valence-corrected chi connectivity index (χ1v) is 4.02. The van der Waals surface area contributed by atoms with Gasteiger partial charge in [0.15, 0.2) is 0 Å². The summed E-state index contributed by atoms with van der Waals surface area (Å²) in [5.74, 6) is 0. The van der Waals surface area contributed by atoms with Gasteiger partial charge in [0.25, 0.3) is 0 Å². The summed E-state index contributed by atoms with van der Waals surface area (Å²) < 4.78 is 41.0. The van der Waals surface area contributed by atoms with Crippen molar-refractivity contribution in [2.75, 3.05) is 0 Å². The molecule has 78 valence electrons. The molecule has 0 amide bonds. The van der Waals surface area contributed by atoms with Gasteiger partial charge in [-0.3, -0.25) is 0 Å². The summed E-state index contributed by atoms with van der Waals surface area (Å²) >= 11 is 0. The summed E-state index contributed by atoms with van der Waals surface area (Å²) in [4.78, 5) is 0. The van der Waals surface area contributed by atoms with Crippen molar-refractivity contribution in [1.29, 1.82) is 0 Å². The lowest BCUT2D eigenvalue weighted by molar-refractivity contribution is -0.137. The lowest BCUT2D eigenvalue weighted by Gasteiger charge is -2.05. The SMILES string of the molecule is FC(F)(F)c1ccc(-c2cnon2)cc1. The molecule has 2 rings (SSSR count). The molecular weight excluding hydrogens is 209 g/mol. The maximum Gasteiger partial charge on any atom is 0.416 e. The number of benzene rings is 1. The zero-order valence-corrected chi connectivity index (χ0v) is 7.32. The van der Waals surface area contributed by atoms with Crippen molar-refractivity contribution in [1.82, 2.24) is 10.3 Å². The third-order valence-electron chi connectivity index (χ3n) is 1.87. The van der Waals surface area contributed by atoms with E-state index in [-0.39, 0.29) is 0 Å². The first kappa shape index (κ1) is 9.70. The van der Waals surface area contributed by atoms with Crippen LogP contribution in [0.15, 0.2) is 35.1 Å². The normalized spacial score (nSPS) is 11.7. The fraction of sp³-hybridized carbons (Fsp3) is 0.111. The molecule has 0 aliphatic heterocycles. The average Bonchev–Trinajstić information content (AvgIpc) is 2.69. The Morgan fingerprint density at radius 3 is 2.20 bits per heavy atom. The molecule has 0 atom stereocenters. The van der Waals surface area contributed by atoms with Gasteiger partial charge in [-0.1, -0.05) is 17.3 Å². The first-order valence-electron chi connectivity index (χ1n) is 4.02. The molecule has 0 N–H and O–H groups in total. The number of nitrogens with zero attached hydrogens (tertiary/aromatic N) is 2. The number of rotatable bonds is 1. The lowest BCUT2D eigenvalue weighted by atomic mass is 10.1. The average molecular weight is 214 g/mol. The second kappa shape index (κ2) is 3.38. The quantitative estimate of drug-likeness (QED) is 0.732. The van der Waals surface area contributed by atoms with Crippen LogP contribution in [0.1, 0.15) is 5.56 Å². The van der Waals surface area contributed by atoms with Crippen molar-refractivity contribution < 1.29 is 17.8 Å². The molecule has 1 heterocycles. The first-order chi connectivity index (χ1) is 7.07. The van der Waals surface area contributed by atoms with Gasteiger partial charge >= 0.3 is 6.18 Å². The summed E-state index contributed by atoms with van der Waals surface area (Å²) in [7, 11) is 0. The standard InChI is InChI=1S/C9H5F3N2O/c10-9(11,12)7-3-1-6(2-4-7)8-5-13-15-14-8/h1-5H. The highest BCUT2D eigenvalue weighted by Gasteiger charge is 2.30. The van der Waals surface area contributed by atoms with Crippen LogP contribution < -0.4 is 0 Å². The van der Waals surface area contributed by atoms with E-state index in [4.69, 9.17) is 0 Å². The van der Waals surface area contributed by atoms with Gasteiger partial charge in [-0.25, -0.2) is 4.63 Å². The van der Waals surface area contributed by atoms with E-state index < -0.39 is 11.7 Å². The minimum absolute atomic E-state index is 0.406. The van der Waals surface area contributed by atoms with Crippen LogP contribution in [-0.2, 0) is 6.18 Å². The van der Waals surface area contributed by atoms with Crippen LogP contribution in [0.3, 0.4) is 0 Å². The summed E-state index contributed by atoms with van der Waals surface area (Å²) in [6.45, 7) is 0. The smallest absolute Gasteiger partial charge is 0.244 e. The number of aromatic nitrogens is 2. The van der Waals surface area contributed by atoms with Crippen molar-refractivity contribution in [3.8, 4) is 11.3 Å².